The van der Waals surface area contributed by atoms with Gasteiger partial charge in [0, 0.05) is 17.1 Å². The van der Waals surface area contributed by atoms with Crippen molar-refractivity contribution in [2.45, 2.75) is 45.8 Å². The number of carbonyl (C=O) groups excluding carboxylic acids is 2. The highest BCUT2D eigenvalue weighted by Gasteiger charge is 2.28. The molecule has 0 spiro atoms. The molecule has 1 N–H and O–H groups in total. The predicted octanol–water partition coefficient (Wildman–Crippen LogP) is 5.97. The molecule has 0 aliphatic heterocycles. The van der Waals surface area contributed by atoms with Crippen LogP contribution in [0.2, 0.25) is 5.02 Å². The van der Waals surface area contributed by atoms with E-state index in [0.717, 1.165) is 20.8 Å². The van der Waals surface area contributed by atoms with Crippen molar-refractivity contribution in [3.63, 3.8) is 0 Å². The van der Waals surface area contributed by atoms with Crippen LogP contribution >= 0.6 is 27.5 Å². The van der Waals surface area contributed by atoms with Crippen LogP contribution in [0.4, 0.5) is 0 Å². The molecule has 0 aliphatic carbocycles. The fraction of sp³-hybridized carbons (Fsp3) is 0.308. The minimum atomic E-state index is -0.684. The van der Waals surface area contributed by atoms with Crippen molar-refractivity contribution in [2.24, 2.45) is 0 Å². The molecule has 3 aromatic carbocycles. The van der Waals surface area contributed by atoms with Gasteiger partial charge in [-0.2, -0.15) is 0 Å². The summed E-state index contributed by atoms with van der Waals surface area (Å²) in [5, 5.41) is 5.63. The van der Waals surface area contributed by atoms with Gasteiger partial charge in [0.05, 0.1) is 4.47 Å². The summed E-state index contributed by atoms with van der Waals surface area (Å²) < 4.78 is 6.67. The van der Waals surface area contributed by atoms with Crippen molar-refractivity contribution in [3.8, 4) is 5.75 Å². The monoisotopic (exact) mass is 530 g/mol. The average molecular weight is 532 g/mol. The first-order valence-corrected chi connectivity index (χ1v) is 11.9. The normalized spacial score (nSPS) is 12.3. The first kappa shape index (κ1) is 25.1. The van der Waals surface area contributed by atoms with Crippen LogP contribution < -0.4 is 10.1 Å². The van der Waals surface area contributed by atoms with Crippen molar-refractivity contribution in [1.29, 1.82) is 0 Å². The van der Waals surface area contributed by atoms with E-state index in [9.17, 15) is 9.59 Å². The van der Waals surface area contributed by atoms with E-state index in [1.807, 2.05) is 69.3 Å². The van der Waals surface area contributed by atoms with E-state index in [0.29, 0.717) is 10.8 Å². The van der Waals surface area contributed by atoms with Gasteiger partial charge in [-0.15, -0.1) is 0 Å². The Morgan fingerprint density at radius 3 is 2.39 bits per heavy atom. The van der Waals surface area contributed by atoms with E-state index in [1.165, 1.54) is 4.90 Å². The van der Waals surface area contributed by atoms with Gasteiger partial charge in [0.25, 0.3) is 5.91 Å². The second-order valence-corrected chi connectivity index (χ2v) is 10.2. The Hall–Kier alpha value is -2.57. The summed E-state index contributed by atoms with van der Waals surface area (Å²) in [6, 6.07) is 18.2. The van der Waals surface area contributed by atoms with E-state index in [2.05, 4.69) is 21.2 Å². The second kappa shape index (κ2) is 10.6. The van der Waals surface area contributed by atoms with Crippen LogP contribution in [0.1, 0.15) is 33.3 Å². The van der Waals surface area contributed by atoms with E-state index in [1.54, 1.807) is 19.1 Å². The Morgan fingerprint density at radius 1 is 1.06 bits per heavy atom. The lowest BCUT2D eigenvalue weighted by Gasteiger charge is -2.31. The van der Waals surface area contributed by atoms with Crippen LogP contribution in [0.5, 0.6) is 5.75 Å². The van der Waals surface area contributed by atoms with E-state index >= 15 is 0 Å². The van der Waals surface area contributed by atoms with Crippen LogP contribution in [0.15, 0.2) is 65.1 Å². The zero-order valence-corrected chi connectivity index (χ0v) is 21.5. The number of hydrogen-bond acceptors (Lipinski definition) is 3. The molecule has 0 fully saturated rings. The topological polar surface area (TPSA) is 58.6 Å². The smallest absolute Gasteiger partial charge is 0.261 e. The highest BCUT2D eigenvalue weighted by Crippen LogP contribution is 2.33. The molecule has 2 amide bonds. The van der Waals surface area contributed by atoms with E-state index in [-0.39, 0.29) is 25.0 Å². The van der Waals surface area contributed by atoms with Crippen LogP contribution in [-0.2, 0) is 16.1 Å². The minimum Gasteiger partial charge on any atom is -0.483 e. The summed E-state index contributed by atoms with van der Waals surface area (Å²) in [5.41, 5.74) is 0.460. The van der Waals surface area contributed by atoms with Crippen molar-refractivity contribution < 1.29 is 14.3 Å². The Bertz CT molecular complexity index is 1140. The van der Waals surface area contributed by atoms with Gasteiger partial charge in [-0.05, 0) is 78.2 Å². The Labute approximate surface area is 208 Å². The fourth-order valence-electron chi connectivity index (χ4n) is 3.39. The van der Waals surface area contributed by atoms with Gasteiger partial charge >= 0.3 is 0 Å². The van der Waals surface area contributed by atoms with Crippen molar-refractivity contribution in [2.75, 3.05) is 6.61 Å². The SMILES string of the molecule is C[C@@H](C(=O)NC(C)(C)C)N(Cc1ccc(Cl)cc1)C(=O)COc1ccc2ccccc2c1Br. The molecule has 1 atom stereocenters. The molecule has 7 heteroatoms. The van der Waals surface area contributed by atoms with Crippen molar-refractivity contribution >= 4 is 50.1 Å². The molecule has 33 heavy (non-hydrogen) atoms. The third-order valence-electron chi connectivity index (χ3n) is 5.11. The maximum Gasteiger partial charge on any atom is 0.261 e. The van der Waals surface area contributed by atoms with E-state index < -0.39 is 11.6 Å². The Kier molecular flexibility index (Phi) is 8.03. The van der Waals surface area contributed by atoms with Gasteiger partial charge in [0.2, 0.25) is 5.91 Å². The number of hydrogen-bond donors (Lipinski definition) is 1. The lowest BCUT2D eigenvalue weighted by Crippen LogP contribution is -2.53. The van der Waals surface area contributed by atoms with Crippen LogP contribution in [0.25, 0.3) is 10.8 Å². The molecule has 0 aromatic heterocycles. The summed E-state index contributed by atoms with van der Waals surface area (Å²) in [4.78, 5) is 27.6. The number of carbonyl (C=O) groups is 2. The predicted molar refractivity (Wildman–Crippen MR) is 137 cm³/mol. The third kappa shape index (κ3) is 6.71. The largest absolute Gasteiger partial charge is 0.483 e. The highest BCUT2D eigenvalue weighted by molar-refractivity contribution is 9.10. The van der Waals surface area contributed by atoms with Gasteiger partial charge in [-0.3, -0.25) is 9.59 Å². The first-order chi connectivity index (χ1) is 15.5. The molecule has 174 valence electrons. The number of nitrogens with one attached hydrogen (secondary N) is 1. The fourth-order valence-corrected chi connectivity index (χ4v) is 4.12. The number of amides is 2. The zero-order valence-electron chi connectivity index (χ0n) is 19.2. The maximum absolute atomic E-state index is 13.3. The first-order valence-electron chi connectivity index (χ1n) is 10.7. The second-order valence-electron chi connectivity index (χ2n) is 8.95. The Balaban J connectivity index is 1.80. The zero-order chi connectivity index (χ0) is 24.2. The van der Waals surface area contributed by atoms with Crippen molar-refractivity contribution in [1.82, 2.24) is 10.2 Å². The van der Waals surface area contributed by atoms with Gasteiger partial charge in [0.15, 0.2) is 6.61 Å². The molecule has 0 heterocycles. The summed E-state index contributed by atoms with van der Waals surface area (Å²) in [6.45, 7) is 7.51. The molecule has 0 unspecified atom stereocenters. The molecule has 0 saturated heterocycles. The van der Waals surface area contributed by atoms with Gasteiger partial charge in [-0.25, -0.2) is 0 Å². The van der Waals surface area contributed by atoms with Crippen molar-refractivity contribution in [3.05, 3.63) is 75.7 Å². The summed E-state index contributed by atoms with van der Waals surface area (Å²) >= 11 is 9.59. The average Bonchev–Trinajstić information content (AvgIpc) is 2.76. The van der Waals surface area contributed by atoms with Gasteiger partial charge < -0.3 is 15.0 Å². The molecular weight excluding hydrogens is 504 g/mol. The molecule has 0 saturated carbocycles. The van der Waals surface area contributed by atoms with Crippen LogP contribution in [0, 0.1) is 0 Å². The van der Waals surface area contributed by atoms with Gasteiger partial charge in [-0.1, -0.05) is 54.1 Å². The summed E-state index contributed by atoms with van der Waals surface area (Å²) in [7, 11) is 0. The van der Waals surface area contributed by atoms with E-state index in [4.69, 9.17) is 16.3 Å². The number of ether oxygens (including phenoxy) is 1. The van der Waals surface area contributed by atoms with Crippen LogP contribution in [-0.4, -0.2) is 34.9 Å². The van der Waals surface area contributed by atoms with Crippen LogP contribution in [0.3, 0.4) is 0 Å². The number of rotatable bonds is 7. The number of nitrogens with zero attached hydrogens (tertiary/aromatic N) is 1. The number of benzene rings is 3. The molecule has 0 aliphatic rings. The van der Waals surface area contributed by atoms with Gasteiger partial charge in [0.1, 0.15) is 11.8 Å². The molecule has 5 nitrogen and oxygen atoms in total. The Morgan fingerprint density at radius 2 is 1.73 bits per heavy atom. The summed E-state index contributed by atoms with van der Waals surface area (Å²) in [6.07, 6.45) is 0. The molecule has 0 bridgehead atoms. The maximum atomic E-state index is 13.3. The molecule has 3 rings (SSSR count). The number of halogens is 2. The highest BCUT2D eigenvalue weighted by atomic mass is 79.9. The molecule has 0 radical (unpaired) electrons. The standard InChI is InChI=1S/C26H28BrClN2O3/c1-17(25(32)29-26(2,3)4)30(15-18-9-12-20(28)13-10-18)23(31)16-33-22-14-11-19-7-5-6-8-21(19)24(22)27/h5-14,17H,15-16H2,1-4H3,(H,29,32)/t17-/m0/s1. The number of fused-ring (bicyclic) bond motifs is 1. The lowest BCUT2D eigenvalue weighted by atomic mass is 10.1. The molecular formula is C26H28BrClN2O3. The summed E-state index contributed by atoms with van der Waals surface area (Å²) in [5.74, 6) is 0.0542. The minimum absolute atomic E-state index is 0.197. The third-order valence-corrected chi connectivity index (χ3v) is 6.18. The lowest BCUT2D eigenvalue weighted by molar-refractivity contribution is -0.142. The molecule has 3 aromatic rings. The quantitative estimate of drug-likeness (QED) is 0.409.